The molecule has 4 nitrogen and oxygen atoms in total. The normalized spacial score (nSPS) is 10.9. The van der Waals surface area contributed by atoms with Crippen LogP contribution in [0.2, 0.25) is 39.3 Å². The summed E-state index contributed by atoms with van der Waals surface area (Å²) in [6, 6.07) is 6.17. The number of nitrogens with one attached hydrogen (secondary N) is 1. The Kier molecular flexibility index (Phi) is 27.8. The van der Waals surface area contributed by atoms with Crippen LogP contribution in [0.15, 0.2) is 18.2 Å². The Morgan fingerprint density at radius 1 is 0.767 bits per heavy atom. The fourth-order valence-corrected chi connectivity index (χ4v) is 10.8. The molecule has 0 saturated carbocycles. The number of benzene rings is 1. The topological polar surface area (TPSA) is 56.4 Å². The number of hydrogen-bond donors (Lipinski definition) is 0. The average molecular weight is 505 g/mol. The van der Waals surface area contributed by atoms with Crippen molar-refractivity contribution in [3.63, 3.8) is 0 Å². The van der Waals surface area contributed by atoms with Crippen LogP contribution in [0.3, 0.4) is 0 Å². The van der Waals surface area contributed by atoms with E-state index in [4.69, 9.17) is 10.4 Å². The van der Waals surface area contributed by atoms with Gasteiger partial charge in [-0.2, -0.15) is 0 Å². The van der Waals surface area contributed by atoms with Gasteiger partial charge in [-0.15, -0.1) is 5.69 Å². The Morgan fingerprint density at radius 2 is 1.07 bits per heavy atom. The number of nitrogens with zero attached hydrogens (tertiary/aromatic N) is 1. The molecule has 30 heavy (non-hydrogen) atoms. The molecule has 0 amide bonds. The molecule has 0 heterocycles. The van der Waals surface area contributed by atoms with Crippen molar-refractivity contribution in [3.05, 3.63) is 39.7 Å². The summed E-state index contributed by atoms with van der Waals surface area (Å²) in [5.41, 5.74) is 11.1. The number of ether oxygens (including phenoxy) is 2. The van der Waals surface area contributed by atoms with Crippen LogP contribution in [0.5, 0.6) is 0 Å². The molecule has 1 aromatic rings. The van der Waals surface area contributed by atoms with E-state index in [0.29, 0.717) is 25.0 Å². The minimum absolute atomic E-state index is 0. The van der Waals surface area contributed by atoms with E-state index < -0.39 is 16.5 Å². The molecular weight excluding hydrogens is 459 g/mol. The van der Waals surface area contributed by atoms with Gasteiger partial charge in [0, 0.05) is 14.2 Å². The molecule has 0 aliphatic carbocycles. The number of methoxy groups -OCH3 is 2. The zero-order valence-corrected chi connectivity index (χ0v) is 30.8. The van der Waals surface area contributed by atoms with Crippen LogP contribution in [-0.4, -0.2) is 43.9 Å². The number of hydrogen-bond acceptors (Lipinski definition) is 2. The van der Waals surface area contributed by atoms with Crippen molar-refractivity contribution in [1.82, 2.24) is 0 Å². The summed E-state index contributed by atoms with van der Waals surface area (Å²) >= 11 is 0. The predicted octanol–water partition coefficient (Wildman–Crippen LogP) is 1.93. The van der Waals surface area contributed by atoms with Gasteiger partial charge < -0.3 is 19.9 Å². The van der Waals surface area contributed by atoms with Crippen molar-refractivity contribution in [3.8, 4) is 0 Å². The molecule has 0 aliphatic rings. The van der Waals surface area contributed by atoms with Gasteiger partial charge in [-0.3, -0.25) is 0 Å². The van der Waals surface area contributed by atoms with Crippen molar-refractivity contribution in [2.45, 2.75) is 78.8 Å². The van der Waals surface area contributed by atoms with Crippen molar-refractivity contribution in [1.29, 1.82) is 0 Å². The van der Waals surface area contributed by atoms with Gasteiger partial charge in [0.2, 0.25) is 0 Å². The van der Waals surface area contributed by atoms with E-state index in [2.05, 4.69) is 94.6 Å². The molecule has 0 spiro atoms. The van der Waals surface area contributed by atoms with Crippen molar-refractivity contribution >= 4 is 22.2 Å². The Morgan fingerprint density at radius 3 is 1.23 bits per heavy atom. The first kappa shape index (κ1) is 39.8. The van der Waals surface area contributed by atoms with Crippen LogP contribution in [0.1, 0.15) is 50.7 Å². The zero-order chi connectivity index (χ0) is 22.5. The van der Waals surface area contributed by atoms with Gasteiger partial charge in [0.25, 0.3) is 0 Å². The van der Waals surface area contributed by atoms with E-state index in [1.807, 2.05) is 0 Å². The van der Waals surface area contributed by atoms with Crippen LogP contribution in [0.25, 0.3) is 10.4 Å². The largest absolute Gasteiger partial charge is 1.00 e. The van der Waals surface area contributed by atoms with Crippen molar-refractivity contribution < 1.29 is 112 Å². The standard InChI is InChI=1S/C12H18N.C6H18NSi2.C4H10O2.2K/c1-8(2)10-6-5-7-11(9(3)4)12(10)13;1-8(2,3)7-9(4,5)6;1-5-3-4-6-2;;/h5-9,13H,1-4H3;1-6H3;3-4H2,1-2H3;;/q2*-1;;2*+1. The molecule has 8 heteroatoms. The summed E-state index contributed by atoms with van der Waals surface area (Å²) in [6.45, 7) is 23.7. The summed E-state index contributed by atoms with van der Waals surface area (Å²) in [5, 5.41) is 0. The first-order chi connectivity index (χ1) is 12.7. The van der Waals surface area contributed by atoms with Gasteiger partial charge in [-0.05, 0) is 11.8 Å². The smallest absolute Gasteiger partial charge is 0.698 e. The van der Waals surface area contributed by atoms with Crippen LogP contribution in [0.4, 0.5) is 5.69 Å². The van der Waals surface area contributed by atoms with Gasteiger partial charge >= 0.3 is 103 Å². The molecule has 0 radical (unpaired) electrons. The molecule has 0 aliphatic heterocycles. The third kappa shape index (κ3) is 23.8. The van der Waals surface area contributed by atoms with Crippen LogP contribution >= 0.6 is 0 Å². The quantitative estimate of drug-likeness (QED) is 0.421. The molecule has 0 bridgehead atoms. The first-order valence-corrected chi connectivity index (χ1v) is 17.1. The Labute approximate surface area is 275 Å². The van der Waals surface area contributed by atoms with Gasteiger partial charge in [0.05, 0.1) is 13.2 Å². The van der Waals surface area contributed by atoms with Gasteiger partial charge in [0.1, 0.15) is 0 Å². The first-order valence-electron chi connectivity index (χ1n) is 10.2. The second kappa shape index (κ2) is 20.9. The summed E-state index contributed by atoms with van der Waals surface area (Å²) in [7, 11) is 1.09. The molecular formula is C22H46K2N2O2Si2. The van der Waals surface area contributed by atoms with Gasteiger partial charge in [-0.1, -0.05) is 113 Å². The molecule has 0 saturated heterocycles. The van der Waals surface area contributed by atoms with E-state index in [0.717, 1.165) is 16.8 Å². The fraction of sp³-hybridized carbons (Fsp3) is 0.727. The monoisotopic (exact) mass is 504 g/mol. The van der Waals surface area contributed by atoms with E-state index in [1.54, 1.807) is 14.2 Å². The third-order valence-electron chi connectivity index (χ3n) is 3.54. The zero-order valence-electron chi connectivity index (χ0n) is 22.6. The van der Waals surface area contributed by atoms with Gasteiger partial charge in [0.15, 0.2) is 0 Å². The molecule has 1 N–H and O–H groups in total. The number of rotatable bonds is 7. The molecule has 1 rings (SSSR count). The molecule has 0 unspecified atom stereocenters. The maximum atomic E-state index is 8.01. The average Bonchev–Trinajstić information content (AvgIpc) is 2.50. The molecule has 0 fully saturated rings. The van der Waals surface area contributed by atoms with Crippen LogP contribution in [0, 0.1) is 0 Å². The SMILES string of the molecule is CC(C)c1cccc(C(C)C)c1[NH-].COCCOC.C[Si](C)(C)[N-][Si](C)(C)C.[K+].[K+]. The minimum Gasteiger partial charge on any atom is -0.698 e. The van der Waals surface area contributed by atoms with E-state index in [-0.39, 0.29) is 103 Å². The van der Waals surface area contributed by atoms with E-state index in [1.165, 1.54) is 0 Å². The molecule has 1 aromatic carbocycles. The summed E-state index contributed by atoms with van der Waals surface area (Å²) in [4.78, 5) is 0. The van der Waals surface area contributed by atoms with Gasteiger partial charge in [-0.25, -0.2) is 0 Å². The molecule has 0 atom stereocenters. The Bertz CT molecular complexity index is 491. The predicted molar refractivity (Wildman–Crippen MR) is 132 cm³/mol. The summed E-state index contributed by atoms with van der Waals surface area (Å²) < 4.78 is 14.1. The Hall–Kier alpha value is 2.61. The third-order valence-corrected chi connectivity index (χ3v) is 8.90. The second-order valence-corrected chi connectivity index (χ2v) is 19.1. The van der Waals surface area contributed by atoms with E-state index >= 15 is 0 Å². The van der Waals surface area contributed by atoms with E-state index in [9.17, 15) is 0 Å². The molecule has 166 valence electrons. The maximum Gasteiger partial charge on any atom is 1.00 e. The minimum atomic E-state index is -1.11. The van der Waals surface area contributed by atoms with Crippen molar-refractivity contribution in [2.75, 3.05) is 27.4 Å². The fourth-order valence-electron chi connectivity index (χ4n) is 2.72. The summed E-state index contributed by atoms with van der Waals surface area (Å²) in [5.74, 6) is 0.900. The Balaban J connectivity index is -0.000000176. The van der Waals surface area contributed by atoms with Crippen LogP contribution in [-0.2, 0) is 9.47 Å². The van der Waals surface area contributed by atoms with Crippen molar-refractivity contribution in [2.24, 2.45) is 0 Å². The maximum absolute atomic E-state index is 8.01. The molecule has 0 aromatic heterocycles. The second-order valence-electron chi connectivity index (χ2n) is 9.56. The van der Waals surface area contributed by atoms with Crippen LogP contribution < -0.4 is 103 Å². The summed E-state index contributed by atoms with van der Waals surface area (Å²) in [6.07, 6.45) is 0.